The Bertz CT molecular complexity index is 636. The summed E-state index contributed by atoms with van der Waals surface area (Å²) < 4.78 is 22.9. The maximum atomic E-state index is 12.3. The van der Waals surface area contributed by atoms with Gasteiger partial charge in [-0.1, -0.05) is 6.92 Å². The number of benzene rings is 1. The third-order valence-electron chi connectivity index (χ3n) is 3.50. The van der Waals surface area contributed by atoms with E-state index in [1.165, 1.54) is 12.1 Å². The molecule has 0 aliphatic rings. The Balaban J connectivity index is 3.31. The van der Waals surface area contributed by atoms with Gasteiger partial charge >= 0.3 is 0 Å². The lowest BCUT2D eigenvalue weighted by Gasteiger charge is -2.25. The van der Waals surface area contributed by atoms with Crippen LogP contribution in [-0.2, 0) is 9.05 Å². The Morgan fingerprint density at radius 1 is 1.30 bits per heavy atom. The van der Waals surface area contributed by atoms with Crippen LogP contribution >= 0.6 is 10.7 Å². The van der Waals surface area contributed by atoms with E-state index in [-0.39, 0.29) is 16.3 Å². The summed E-state index contributed by atoms with van der Waals surface area (Å²) in [6.07, 6.45) is 0.768. The Kier molecular flexibility index (Phi) is 4.87. The number of amides is 1. The molecule has 4 nitrogen and oxygen atoms in total. The SMILES string of the molecule is CCC(C)(C)NC(=O)c1cc(S(=O)(=O)Cl)cc(C)c1C. The molecule has 0 bridgehead atoms. The molecule has 0 spiro atoms. The number of hydrogen-bond acceptors (Lipinski definition) is 3. The smallest absolute Gasteiger partial charge is 0.261 e. The average molecular weight is 318 g/mol. The van der Waals surface area contributed by atoms with E-state index in [2.05, 4.69) is 5.32 Å². The lowest BCUT2D eigenvalue weighted by Crippen LogP contribution is -2.43. The summed E-state index contributed by atoms with van der Waals surface area (Å²) in [6.45, 7) is 9.33. The molecule has 0 unspecified atom stereocenters. The predicted molar refractivity (Wildman–Crippen MR) is 80.8 cm³/mol. The zero-order chi connectivity index (χ0) is 15.7. The van der Waals surface area contributed by atoms with E-state index in [0.717, 1.165) is 12.0 Å². The summed E-state index contributed by atoms with van der Waals surface area (Å²) in [7, 11) is 1.51. The Morgan fingerprint density at radius 2 is 1.85 bits per heavy atom. The van der Waals surface area contributed by atoms with Crippen LogP contribution in [0.1, 0.15) is 48.7 Å². The summed E-state index contributed by atoms with van der Waals surface area (Å²) >= 11 is 0. The van der Waals surface area contributed by atoms with Crippen LogP contribution in [0.2, 0.25) is 0 Å². The number of hydrogen-bond donors (Lipinski definition) is 1. The highest BCUT2D eigenvalue weighted by molar-refractivity contribution is 8.13. The van der Waals surface area contributed by atoms with Gasteiger partial charge in [-0.05, 0) is 57.4 Å². The minimum absolute atomic E-state index is 0.0540. The van der Waals surface area contributed by atoms with Crippen molar-refractivity contribution in [2.75, 3.05) is 0 Å². The molecule has 0 saturated carbocycles. The molecule has 0 saturated heterocycles. The van der Waals surface area contributed by atoms with Gasteiger partial charge in [0.15, 0.2) is 0 Å². The predicted octanol–water partition coefficient (Wildman–Crippen LogP) is 3.15. The monoisotopic (exact) mass is 317 g/mol. The van der Waals surface area contributed by atoms with Crippen molar-refractivity contribution in [1.82, 2.24) is 5.32 Å². The molecule has 0 aromatic heterocycles. The van der Waals surface area contributed by atoms with Gasteiger partial charge in [-0.25, -0.2) is 8.42 Å². The normalized spacial score (nSPS) is 12.3. The van der Waals surface area contributed by atoms with Crippen molar-refractivity contribution in [3.8, 4) is 0 Å². The van der Waals surface area contributed by atoms with Gasteiger partial charge in [0.1, 0.15) is 0 Å². The Morgan fingerprint density at radius 3 is 2.30 bits per heavy atom. The number of carbonyl (C=O) groups excluding carboxylic acids is 1. The first kappa shape index (κ1) is 17.0. The van der Waals surface area contributed by atoms with Gasteiger partial charge in [0, 0.05) is 21.8 Å². The minimum atomic E-state index is -3.86. The Hall–Kier alpha value is -1.07. The molecule has 0 radical (unpaired) electrons. The molecule has 1 rings (SSSR count). The first-order valence-electron chi connectivity index (χ1n) is 6.36. The number of carbonyl (C=O) groups is 1. The fourth-order valence-corrected chi connectivity index (χ4v) is 2.51. The second-order valence-corrected chi connectivity index (χ2v) is 8.11. The third-order valence-corrected chi connectivity index (χ3v) is 4.84. The molecule has 0 heterocycles. The highest BCUT2D eigenvalue weighted by Crippen LogP contribution is 2.23. The lowest BCUT2D eigenvalue weighted by molar-refractivity contribution is 0.0910. The average Bonchev–Trinajstić information content (AvgIpc) is 2.30. The van der Waals surface area contributed by atoms with Crippen LogP contribution < -0.4 is 5.32 Å². The van der Waals surface area contributed by atoms with Crippen LogP contribution in [0.25, 0.3) is 0 Å². The lowest BCUT2D eigenvalue weighted by atomic mass is 9.98. The molecule has 20 heavy (non-hydrogen) atoms. The fourth-order valence-electron chi connectivity index (χ4n) is 1.67. The van der Waals surface area contributed by atoms with Crippen LogP contribution in [0, 0.1) is 13.8 Å². The van der Waals surface area contributed by atoms with E-state index < -0.39 is 9.05 Å². The van der Waals surface area contributed by atoms with Gasteiger partial charge in [-0.2, -0.15) is 0 Å². The Labute approximate surface area is 124 Å². The molecular formula is C14H20ClNO3S. The fraction of sp³-hybridized carbons (Fsp3) is 0.500. The van der Waals surface area contributed by atoms with E-state index in [1.54, 1.807) is 13.8 Å². The molecule has 1 aromatic rings. The summed E-state index contributed by atoms with van der Waals surface area (Å²) in [5, 5.41) is 2.89. The molecular weight excluding hydrogens is 298 g/mol. The quantitative estimate of drug-likeness (QED) is 0.868. The molecule has 1 N–H and O–H groups in total. The standard InChI is InChI=1S/C14H20ClNO3S/c1-6-14(4,5)16-13(17)12-8-11(20(15,18)19)7-9(2)10(12)3/h7-8H,6H2,1-5H3,(H,16,17). The van der Waals surface area contributed by atoms with E-state index >= 15 is 0 Å². The van der Waals surface area contributed by atoms with E-state index in [1.807, 2.05) is 20.8 Å². The zero-order valence-electron chi connectivity index (χ0n) is 12.4. The maximum Gasteiger partial charge on any atom is 0.261 e. The van der Waals surface area contributed by atoms with Gasteiger partial charge in [0.2, 0.25) is 0 Å². The second-order valence-electron chi connectivity index (χ2n) is 5.54. The molecule has 112 valence electrons. The summed E-state index contributed by atoms with van der Waals surface area (Å²) in [6, 6.07) is 2.80. The van der Waals surface area contributed by atoms with E-state index in [0.29, 0.717) is 11.1 Å². The topological polar surface area (TPSA) is 63.2 Å². The summed E-state index contributed by atoms with van der Waals surface area (Å²) in [5.41, 5.74) is 1.45. The van der Waals surface area contributed by atoms with Crippen molar-refractivity contribution >= 4 is 25.6 Å². The first-order chi connectivity index (χ1) is 8.98. The molecule has 1 aromatic carbocycles. The summed E-state index contributed by atoms with van der Waals surface area (Å²) in [5.74, 6) is -0.292. The third kappa shape index (κ3) is 3.96. The van der Waals surface area contributed by atoms with Gasteiger partial charge < -0.3 is 5.32 Å². The van der Waals surface area contributed by atoms with Crippen molar-refractivity contribution in [2.24, 2.45) is 0 Å². The number of halogens is 1. The number of aryl methyl sites for hydroxylation is 1. The van der Waals surface area contributed by atoms with Crippen molar-refractivity contribution in [3.63, 3.8) is 0 Å². The largest absolute Gasteiger partial charge is 0.347 e. The minimum Gasteiger partial charge on any atom is -0.347 e. The highest BCUT2D eigenvalue weighted by atomic mass is 35.7. The number of nitrogens with one attached hydrogen (secondary N) is 1. The van der Waals surface area contributed by atoms with Gasteiger partial charge in [0.25, 0.3) is 15.0 Å². The van der Waals surface area contributed by atoms with Crippen LogP contribution in [0.3, 0.4) is 0 Å². The molecule has 0 atom stereocenters. The van der Waals surface area contributed by atoms with Gasteiger partial charge in [0.05, 0.1) is 4.90 Å². The van der Waals surface area contributed by atoms with Gasteiger partial charge in [-0.15, -0.1) is 0 Å². The van der Waals surface area contributed by atoms with E-state index in [4.69, 9.17) is 10.7 Å². The molecule has 0 fully saturated rings. The summed E-state index contributed by atoms with van der Waals surface area (Å²) in [4.78, 5) is 12.3. The van der Waals surface area contributed by atoms with Crippen molar-refractivity contribution in [2.45, 2.75) is 51.5 Å². The van der Waals surface area contributed by atoms with Gasteiger partial charge in [-0.3, -0.25) is 4.79 Å². The second kappa shape index (κ2) is 5.74. The van der Waals surface area contributed by atoms with Crippen molar-refractivity contribution < 1.29 is 13.2 Å². The van der Waals surface area contributed by atoms with Crippen LogP contribution in [0.15, 0.2) is 17.0 Å². The van der Waals surface area contributed by atoms with Crippen LogP contribution in [0.5, 0.6) is 0 Å². The van der Waals surface area contributed by atoms with Crippen LogP contribution in [-0.4, -0.2) is 19.9 Å². The molecule has 6 heteroatoms. The molecule has 0 aliphatic carbocycles. The molecule has 1 amide bonds. The van der Waals surface area contributed by atoms with Crippen LogP contribution in [0.4, 0.5) is 0 Å². The first-order valence-corrected chi connectivity index (χ1v) is 8.67. The maximum absolute atomic E-state index is 12.3. The van der Waals surface area contributed by atoms with E-state index in [9.17, 15) is 13.2 Å². The van der Waals surface area contributed by atoms with Crippen molar-refractivity contribution in [3.05, 3.63) is 28.8 Å². The molecule has 0 aliphatic heterocycles. The highest BCUT2D eigenvalue weighted by Gasteiger charge is 2.22. The zero-order valence-corrected chi connectivity index (χ0v) is 13.9. The van der Waals surface area contributed by atoms with Crippen molar-refractivity contribution in [1.29, 1.82) is 0 Å². The number of rotatable bonds is 4.